The molecule has 1 aromatic carbocycles. The molecule has 0 aliphatic heterocycles. The van der Waals surface area contributed by atoms with Crippen LogP contribution in [0.2, 0.25) is 0 Å². The van der Waals surface area contributed by atoms with Crippen LogP contribution in [0.1, 0.15) is 11.1 Å². The number of benzene rings is 1. The Hall–Kier alpha value is -1.06. The van der Waals surface area contributed by atoms with Crippen LogP contribution in [0.3, 0.4) is 0 Å². The molecule has 0 bridgehead atoms. The van der Waals surface area contributed by atoms with E-state index < -0.39 is 11.6 Å². The summed E-state index contributed by atoms with van der Waals surface area (Å²) in [6, 6.07) is 2.82. The summed E-state index contributed by atoms with van der Waals surface area (Å²) in [4.78, 5) is 4.21. The van der Waals surface area contributed by atoms with Gasteiger partial charge in [0.05, 0.1) is 14.2 Å². The first-order chi connectivity index (χ1) is 11.9. The van der Waals surface area contributed by atoms with Gasteiger partial charge in [-0.05, 0) is 44.0 Å². The Bertz CT molecular complexity index is 783. The van der Waals surface area contributed by atoms with Crippen molar-refractivity contribution in [1.82, 2.24) is 4.98 Å². The van der Waals surface area contributed by atoms with E-state index in [9.17, 15) is 8.78 Å². The molecule has 25 heavy (non-hydrogen) atoms. The number of aromatic nitrogens is 1. The van der Waals surface area contributed by atoms with Crippen molar-refractivity contribution in [3.63, 3.8) is 0 Å². The zero-order chi connectivity index (χ0) is 18.6. The van der Waals surface area contributed by atoms with E-state index in [0.717, 1.165) is 6.07 Å². The first-order valence-corrected chi connectivity index (χ1v) is 11.8. The van der Waals surface area contributed by atoms with E-state index in [1.807, 2.05) is 0 Å². The number of halogens is 4. The average molecular weight is 544 g/mol. The molecule has 1 heterocycles. The van der Waals surface area contributed by atoms with Gasteiger partial charge in [0.2, 0.25) is 0 Å². The minimum atomic E-state index is -0.848. The highest BCUT2D eigenvalue weighted by Crippen LogP contribution is 2.33. The summed E-state index contributed by atoms with van der Waals surface area (Å²) in [5, 5.41) is 11.4. The molecule has 0 saturated carbocycles. The molecule has 2 rings (SSSR count). The molecule has 1 aromatic heterocycles. The lowest BCUT2D eigenvalue weighted by molar-refractivity contribution is 0.354. The zero-order valence-corrected chi connectivity index (χ0v) is 18.0. The molecular weight excluding hydrogens is 530 g/mol. The van der Waals surface area contributed by atoms with Crippen molar-refractivity contribution in [3.8, 4) is 11.5 Å². The van der Waals surface area contributed by atoms with E-state index in [4.69, 9.17) is 14.9 Å². The van der Waals surface area contributed by atoms with E-state index in [1.54, 1.807) is 12.3 Å². The molecule has 1 unspecified atom stereocenters. The second-order valence-electron chi connectivity index (χ2n) is 4.81. The van der Waals surface area contributed by atoms with Gasteiger partial charge in [-0.3, -0.25) is 0 Å². The predicted molar refractivity (Wildman–Crippen MR) is 108 cm³/mol. The first-order valence-electron chi connectivity index (χ1n) is 6.86. The van der Waals surface area contributed by atoms with Gasteiger partial charge in [0.25, 0.3) is 0 Å². The van der Waals surface area contributed by atoms with Crippen LogP contribution in [0.15, 0.2) is 22.8 Å². The smallest absolute Gasteiger partial charge is 0.171 e. The lowest BCUT2D eigenvalue weighted by atomic mass is 10.0. The average Bonchev–Trinajstić information content (AvgIpc) is 2.60. The Morgan fingerprint density at radius 2 is 1.88 bits per heavy atom. The summed E-state index contributed by atoms with van der Waals surface area (Å²) in [6.45, 7) is 0. The van der Waals surface area contributed by atoms with Gasteiger partial charge in [-0.15, -0.1) is 0 Å². The topological polar surface area (TPSA) is 67.2 Å². The molecule has 0 aliphatic rings. The first kappa shape index (κ1) is 20.3. The van der Waals surface area contributed by atoms with Gasteiger partial charge < -0.3 is 20.0 Å². The van der Waals surface area contributed by atoms with Crippen LogP contribution >= 0.6 is 44.3 Å². The lowest BCUT2D eigenvalue weighted by Gasteiger charge is -2.14. The highest BCUT2D eigenvalue weighted by atomic mass is 127. The molecule has 0 fully saturated rings. The van der Waals surface area contributed by atoms with Crippen molar-refractivity contribution in [3.05, 3.63) is 45.6 Å². The number of nitrogens with zero attached hydrogens (tertiary/aromatic N) is 1. The third-order valence-corrected chi connectivity index (χ3v) is 4.94. The number of methoxy groups -OCH3 is 2. The third kappa shape index (κ3) is 4.57. The molecule has 1 atom stereocenters. The molecule has 2 N–H and O–H groups in total. The Balaban J connectivity index is 2.46. The number of hydrogen-bond donors (Lipinski definition) is 2. The maximum atomic E-state index is 14.5. The van der Waals surface area contributed by atoms with Crippen LogP contribution in [0.25, 0.3) is 0 Å². The largest absolute Gasteiger partial charge is 0.494 e. The summed E-state index contributed by atoms with van der Waals surface area (Å²) < 4.78 is 39.5. The van der Waals surface area contributed by atoms with E-state index >= 15 is 0 Å². The number of hydrogen-bond acceptors (Lipinski definition) is 5. The van der Waals surface area contributed by atoms with Crippen molar-refractivity contribution in [2.45, 2.75) is 6.42 Å². The summed E-state index contributed by atoms with van der Waals surface area (Å²) >= 11 is 5.43. The van der Waals surface area contributed by atoms with Gasteiger partial charge in [-0.1, -0.05) is 0 Å². The fourth-order valence-corrected chi connectivity index (χ4v) is 3.56. The lowest BCUT2D eigenvalue weighted by Crippen LogP contribution is -2.11. The van der Waals surface area contributed by atoms with E-state index in [0.29, 0.717) is 22.2 Å². The zero-order valence-electron chi connectivity index (χ0n) is 13.2. The van der Waals surface area contributed by atoms with Gasteiger partial charge in [-0.2, -0.15) is 0 Å². The van der Waals surface area contributed by atoms with Crippen LogP contribution in [-0.4, -0.2) is 24.9 Å². The molecule has 0 amide bonds. The number of rotatable bonds is 7. The molecule has 10 heteroatoms. The van der Waals surface area contributed by atoms with Crippen molar-refractivity contribution in [1.29, 1.82) is 5.41 Å². The van der Waals surface area contributed by atoms with Gasteiger partial charge >= 0.3 is 0 Å². The number of anilines is 1. The number of pyridine rings is 1. The maximum absolute atomic E-state index is 14.5. The molecule has 2 aromatic rings. The van der Waals surface area contributed by atoms with Crippen LogP contribution in [0.5, 0.6) is 11.5 Å². The second kappa shape index (κ2) is 9.05. The summed E-state index contributed by atoms with van der Waals surface area (Å²) in [5.41, 5.74) is 0.183. The Morgan fingerprint density at radius 1 is 1.28 bits per heavy atom. The van der Waals surface area contributed by atoms with Gasteiger partial charge in [0.1, 0.15) is 5.82 Å². The fraction of sp³-hybridized carbons (Fsp3) is 0.200. The second-order valence-corrected chi connectivity index (χ2v) is 7.78. The highest BCUT2D eigenvalue weighted by molar-refractivity contribution is 14.2. The summed E-state index contributed by atoms with van der Waals surface area (Å²) in [7, 11) is 2.57. The third-order valence-electron chi connectivity index (χ3n) is 3.36. The minimum absolute atomic E-state index is 0.0130. The maximum Gasteiger partial charge on any atom is 0.171 e. The van der Waals surface area contributed by atoms with Gasteiger partial charge in [-0.25, -0.2) is 13.8 Å². The Morgan fingerprint density at radius 3 is 2.40 bits per heavy atom. The van der Waals surface area contributed by atoms with E-state index in [-0.39, 0.29) is 29.2 Å². The summed E-state index contributed by atoms with van der Waals surface area (Å²) in [5.74, 6) is -1.49. The van der Waals surface area contributed by atoms with E-state index in [1.165, 1.54) is 14.2 Å². The Labute approximate surface area is 166 Å². The molecule has 0 aliphatic carbocycles. The fourth-order valence-electron chi connectivity index (χ4n) is 2.18. The Kier molecular flexibility index (Phi) is 7.33. The van der Waals surface area contributed by atoms with Crippen molar-refractivity contribution in [2.75, 3.05) is 19.3 Å². The van der Waals surface area contributed by atoms with Crippen molar-refractivity contribution in [2.24, 2.45) is 0 Å². The van der Waals surface area contributed by atoms with Gasteiger partial charge in [0.15, 0.2) is 23.1 Å². The van der Waals surface area contributed by atoms with Crippen LogP contribution < -0.4 is 14.6 Å². The molecule has 0 spiro atoms. The minimum Gasteiger partial charge on any atom is -0.494 e. The van der Waals surface area contributed by atoms with E-state index in [2.05, 4.69) is 48.0 Å². The normalized spacial score (nSPS) is 11.0. The summed E-state index contributed by atoms with van der Waals surface area (Å²) in [6.07, 6.45) is 1.65. The van der Waals surface area contributed by atoms with Crippen molar-refractivity contribution < 1.29 is 18.3 Å². The molecular formula is C15H14BrF2IN3O2P. The number of ether oxygens (including phenoxy) is 2. The van der Waals surface area contributed by atoms with Crippen LogP contribution in [0.4, 0.5) is 14.6 Å². The van der Waals surface area contributed by atoms with Gasteiger partial charge in [0, 0.05) is 46.4 Å². The molecule has 0 saturated heterocycles. The molecule has 134 valence electrons. The number of nitrogens with one attached hydrogen (secondary N) is 2. The quantitative estimate of drug-likeness (QED) is 0.289. The van der Waals surface area contributed by atoms with Crippen molar-refractivity contribution >= 4 is 55.9 Å². The van der Waals surface area contributed by atoms with Crippen LogP contribution in [0, 0.1) is 17.0 Å². The molecule has 5 nitrogen and oxygen atoms in total. The highest BCUT2D eigenvalue weighted by Gasteiger charge is 2.22. The molecule has 0 radical (unpaired) electrons. The standard InChI is InChI=1S/C15H14BrF2IN3O2P/c1-23-11-5-12(24-2)14(18)9(13(11)17)4-10(20)8-3-7(16)6-21-15(8)22-25-19/h3,5-6,20,25H,4H2,1-2H3,(H,21,22). The predicted octanol–water partition coefficient (Wildman–Crippen LogP) is 5.11. The SMILES string of the molecule is COc1cc(OC)c(F)c(CC(=N)c2cc(Br)cnc2NPI)c1F. The monoisotopic (exact) mass is 543 g/mol. The van der Waals surface area contributed by atoms with Crippen LogP contribution in [-0.2, 0) is 6.42 Å².